The van der Waals surface area contributed by atoms with Crippen LogP contribution >= 0.6 is 11.8 Å². The second kappa shape index (κ2) is 5.18. The van der Waals surface area contributed by atoms with E-state index in [1.807, 2.05) is 18.2 Å². The molecular formula is C12H12FNOS. The van der Waals surface area contributed by atoms with E-state index in [1.54, 1.807) is 12.3 Å². The largest absolute Gasteiger partial charge is 0.468 e. The minimum absolute atomic E-state index is 0.215. The van der Waals surface area contributed by atoms with Gasteiger partial charge in [0, 0.05) is 17.0 Å². The number of nitrogens with two attached hydrogens (primary N) is 1. The summed E-state index contributed by atoms with van der Waals surface area (Å²) in [6.45, 7) is 0.215. The molecule has 1 heterocycles. The molecule has 0 aliphatic carbocycles. The molecule has 0 saturated heterocycles. The normalized spacial score (nSPS) is 10.6. The minimum atomic E-state index is -0.244. The van der Waals surface area contributed by atoms with Crippen LogP contribution in [0, 0.1) is 5.82 Å². The van der Waals surface area contributed by atoms with Gasteiger partial charge in [-0.05, 0) is 24.3 Å². The molecule has 2 rings (SSSR count). The SMILES string of the molecule is NCc1c(F)cccc1SCc1ccco1. The Labute approximate surface area is 97.6 Å². The van der Waals surface area contributed by atoms with E-state index in [0.717, 1.165) is 10.7 Å². The van der Waals surface area contributed by atoms with E-state index in [4.69, 9.17) is 10.2 Å². The highest BCUT2D eigenvalue weighted by Gasteiger charge is 2.07. The second-order valence-electron chi connectivity index (χ2n) is 3.29. The van der Waals surface area contributed by atoms with Gasteiger partial charge in [-0.3, -0.25) is 0 Å². The van der Waals surface area contributed by atoms with Crippen LogP contribution in [0.25, 0.3) is 0 Å². The molecule has 0 unspecified atom stereocenters. The molecule has 84 valence electrons. The molecule has 0 amide bonds. The summed E-state index contributed by atoms with van der Waals surface area (Å²) in [7, 11) is 0. The molecule has 0 spiro atoms. The van der Waals surface area contributed by atoms with Gasteiger partial charge in [-0.15, -0.1) is 11.8 Å². The van der Waals surface area contributed by atoms with E-state index >= 15 is 0 Å². The van der Waals surface area contributed by atoms with E-state index in [-0.39, 0.29) is 12.4 Å². The molecule has 2 N–H and O–H groups in total. The highest BCUT2D eigenvalue weighted by atomic mass is 32.2. The van der Waals surface area contributed by atoms with Gasteiger partial charge in [0.2, 0.25) is 0 Å². The molecule has 0 radical (unpaired) electrons. The van der Waals surface area contributed by atoms with Crippen LogP contribution < -0.4 is 5.73 Å². The van der Waals surface area contributed by atoms with Crippen molar-refractivity contribution < 1.29 is 8.81 Å². The number of rotatable bonds is 4. The van der Waals surface area contributed by atoms with Crippen molar-refractivity contribution in [1.82, 2.24) is 0 Å². The molecule has 1 aromatic heterocycles. The molecule has 2 nitrogen and oxygen atoms in total. The molecule has 0 aliphatic rings. The number of halogens is 1. The zero-order valence-electron chi connectivity index (χ0n) is 8.65. The highest BCUT2D eigenvalue weighted by molar-refractivity contribution is 7.98. The summed E-state index contributed by atoms with van der Waals surface area (Å²) in [5.41, 5.74) is 6.09. The van der Waals surface area contributed by atoms with Gasteiger partial charge in [0.1, 0.15) is 11.6 Å². The Morgan fingerprint density at radius 3 is 2.81 bits per heavy atom. The number of thioether (sulfide) groups is 1. The van der Waals surface area contributed by atoms with Gasteiger partial charge < -0.3 is 10.2 Å². The van der Waals surface area contributed by atoms with E-state index in [1.165, 1.54) is 17.8 Å². The van der Waals surface area contributed by atoms with Crippen molar-refractivity contribution in [3.63, 3.8) is 0 Å². The van der Waals surface area contributed by atoms with Crippen LogP contribution in [0.1, 0.15) is 11.3 Å². The Bertz CT molecular complexity index is 456. The Hall–Kier alpha value is -1.26. The zero-order chi connectivity index (χ0) is 11.4. The van der Waals surface area contributed by atoms with Crippen LogP contribution in [0.15, 0.2) is 45.9 Å². The third-order valence-corrected chi connectivity index (χ3v) is 3.35. The van der Waals surface area contributed by atoms with Crippen molar-refractivity contribution in [1.29, 1.82) is 0 Å². The van der Waals surface area contributed by atoms with Crippen LogP contribution in [-0.4, -0.2) is 0 Å². The van der Waals surface area contributed by atoms with Crippen LogP contribution in [-0.2, 0) is 12.3 Å². The van der Waals surface area contributed by atoms with Gasteiger partial charge in [0.25, 0.3) is 0 Å². The summed E-state index contributed by atoms with van der Waals surface area (Å²) in [4.78, 5) is 0.874. The summed E-state index contributed by atoms with van der Waals surface area (Å²) < 4.78 is 18.6. The molecule has 4 heteroatoms. The molecule has 0 aliphatic heterocycles. The molecule has 2 aromatic rings. The van der Waals surface area contributed by atoms with Gasteiger partial charge >= 0.3 is 0 Å². The second-order valence-corrected chi connectivity index (χ2v) is 4.31. The lowest BCUT2D eigenvalue weighted by Gasteiger charge is -2.07. The minimum Gasteiger partial charge on any atom is -0.468 e. The quantitative estimate of drug-likeness (QED) is 0.830. The first kappa shape index (κ1) is 11.2. The monoisotopic (exact) mass is 237 g/mol. The maximum Gasteiger partial charge on any atom is 0.128 e. The fraction of sp³-hybridized carbons (Fsp3) is 0.167. The third kappa shape index (κ3) is 2.46. The predicted molar refractivity (Wildman–Crippen MR) is 62.6 cm³/mol. The molecule has 0 fully saturated rings. The zero-order valence-corrected chi connectivity index (χ0v) is 9.47. The maximum absolute atomic E-state index is 13.4. The summed E-state index contributed by atoms with van der Waals surface area (Å²) in [5.74, 6) is 1.31. The molecule has 0 saturated carbocycles. The lowest BCUT2D eigenvalue weighted by atomic mass is 10.2. The Morgan fingerprint density at radius 1 is 1.25 bits per heavy atom. The van der Waals surface area contributed by atoms with Gasteiger partial charge in [0.05, 0.1) is 12.0 Å². The van der Waals surface area contributed by atoms with E-state index in [0.29, 0.717) is 11.3 Å². The first-order valence-electron chi connectivity index (χ1n) is 4.94. The van der Waals surface area contributed by atoms with Crippen molar-refractivity contribution in [2.45, 2.75) is 17.2 Å². The van der Waals surface area contributed by atoms with Crippen LogP contribution in [0.5, 0.6) is 0 Å². The molecule has 1 aromatic carbocycles. The summed E-state index contributed by atoms with van der Waals surface area (Å²) in [6.07, 6.45) is 1.63. The summed E-state index contributed by atoms with van der Waals surface area (Å²) in [5, 5.41) is 0. The van der Waals surface area contributed by atoms with Crippen LogP contribution in [0.4, 0.5) is 4.39 Å². The Balaban J connectivity index is 2.12. The average Bonchev–Trinajstić information content (AvgIpc) is 2.79. The predicted octanol–water partition coefficient (Wildman–Crippen LogP) is 3.17. The first-order valence-corrected chi connectivity index (χ1v) is 5.92. The van der Waals surface area contributed by atoms with Crippen molar-refractivity contribution in [2.75, 3.05) is 0 Å². The van der Waals surface area contributed by atoms with Gasteiger partial charge in [-0.2, -0.15) is 0 Å². The van der Waals surface area contributed by atoms with E-state index in [2.05, 4.69) is 0 Å². The van der Waals surface area contributed by atoms with E-state index in [9.17, 15) is 4.39 Å². The van der Waals surface area contributed by atoms with Gasteiger partial charge in [-0.25, -0.2) is 4.39 Å². The maximum atomic E-state index is 13.4. The van der Waals surface area contributed by atoms with Crippen molar-refractivity contribution in [3.05, 3.63) is 53.7 Å². The molecule has 0 atom stereocenters. The average molecular weight is 237 g/mol. The standard InChI is InChI=1S/C12H12FNOS/c13-11-4-1-5-12(10(11)7-14)16-8-9-3-2-6-15-9/h1-6H,7-8,14H2. The molecular weight excluding hydrogens is 225 g/mol. The van der Waals surface area contributed by atoms with Crippen LogP contribution in [0.3, 0.4) is 0 Å². The van der Waals surface area contributed by atoms with Gasteiger partial charge in [0.15, 0.2) is 0 Å². The first-order chi connectivity index (χ1) is 7.81. The van der Waals surface area contributed by atoms with Crippen molar-refractivity contribution in [3.8, 4) is 0 Å². The van der Waals surface area contributed by atoms with E-state index < -0.39 is 0 Å². The smallest absolute Gasteiger partial charge is 0.128 e. The summed E-state index contributed by atoms with van der Waals surface area (Å²) >= 11 is 1.53. The number of hydrogen-bond acceptors (Lipinski definition) is 3. The Morgan fingerprint density at radius 2 is 2.12 bits per heavy atom. The topological polar surface area (TPSA) is 39.2 Å². The number of furan rings is 1. The number of hydrogen-bond donors (Lipinski definition) is 1. The lowest BCUT2D eigenvalue weighted by Crippen LogP contribution is -2.01. The molecule has 0 bridgehead atoms. The number of benzene rings is 1. The van der Waals surface area contributed by atoms with Crippen LogP contribution in [0.2, 0.25) is 0 Å². The third-order valence-electron chi connectivity index (χ3n) is 2.23. The fourth-order valence-electron chi connectivity index (χ4n) is 1.42. The highest BCUT2D eigenvalue weighted by Crippen LogP contribution is 2.27. The summed E-state index contributed by atoms with van der Waals surface area (Å²) in [6, 6.07) is 8.73. The van der Waals surface area contributed by atoms with Crippen molar-refractivity contribution >= 4 is 11.8 Å². The van der Waals surface area contributed by atoms with Crippen molar-refractivity contribution in [2.24, 2.45) is 5.73 Å². The lowest BCUT2D eigenvalue weighted by molar-refractivity contribution is 0.530. The van der Waals surface area contributed by atoms with Gasteiger partial charge in [-0.1, -0.05) is 6.07 Å². The molecule has 16 heavy (non-hydrogen) atoms. The Kier molecular flexibility index (Phi) is 3.64. The fourth-order valence-corrected chi connectivity index (χ4v) is 2.41.